The van der Waals surface area contributed by atoms with E-state index in [-0.39, 0.29) is 5.91 Å². The average molecular weight is 357 g/mol. The van der Waals surface area contributed by atoms with Gasteiger partial charge in [0.25, 0.3) is 0 Å². The normalized spacial score (nSPS) is 17.9. The number of aromatic nitrogens is 3. The zero-order chi connectivity index (χ0) is 18.5. The van der Waals surface area contributed by atoms with Crippen molar-refractivity contribution in [2.45, 2.75) is 52.4 Å². The molecule has 1 fully saturated rings. The summed E-state index contributed by atoms with van der Waals surface area (Å²) in [5.41, 5.74) is 8.51. The van der Waals surface area contributed by atoms with Crippen molar-refractivity contribution >= 4 is 11.7 Å². The lowest BCUT2D eigenvalue weighted by atomic mass is 9.95. The summed E-state index contributed by atoms with van der Waals surface area (Å²) in [6.45, 7) is 5.47. The molecule has 1 aliphatic heterocycles. The van der Waals surface area contributed by atoms with Crippen LogP contribution >= 0.6 is 0 Å². The van der Waals surface area contributed by atoms with Gasteiger partial charge in [0, 0.05) is 25.1 Å². The fourth-order valence-electron chi connectivity index (χ4n) is 3.63. The summed E-state index contributed by atoms with van der Waals surface area (Å²) in [6.07, 6.45) is 8.61. The number of amides is 1. The molecule has 0 saturated carbocycles. The van der Waals surface area contributed by atoms with E-state index in [2.05, 4.69) is 15.1 Å². The molecule has 26 heavy (non-hydrogen) atoms. The molecule has 2 N–H and O–H groups in total. The highest BCUT2D eigenvalue weighted by atomic mass is 16.5. The molecule has 0 bridgehead atoms. The Bertz CT molecular complexity index is 721. The van der Waals surface area contributed by atoms with Crippen molar-refractivity contribution in [2.24, 2.45) is 5.92 Å². The first-order valence-corrected chi connectivity index (χ1v) is 9.29. The Morgan fingerprint density at radius 3 is 2.81 bits per heavy atom. The minimum atomic E-state index is 0.220. The number of hydrogen-bond acceptors (Lipinski definition) is 6. The van der Waals surface area contributed by atoms with Crippen molar-refractivity contribution in [1.29, 1.82) is 0 Å². The van der Waals surface area contributed by atoms with E-state index in [1.807, 2.05) is 18.7 Å². The second-order valence-corrected chi connectivity index (χ2v) is 7.12. The molecule has 0 aliphatic carbocycles. The molecule has 1 atom stereocenters. The molecular formula is C19H27N5O2. The molecule has 1 saturated heterocycles. The van der Waals surface area contributed by atoms with Crippen LogP contribution in [-0.4, -0.2) is 39.0 Å². The minimum Gasteiger partial charge on any atom is -0.382 e. The number of aryl methyl sites for hydroxylation is 2. The quantitative estimate of drug-likeness (QED) is 0.883. The molecule has 1 amide bonds. The molecule has 3 heterocycles. The van der Waals surface area contributed by atoms with Gasteiger partial charge in [0.05, 0.1) is 23.8 Å². The maximum atomic E-state index is 12.6. The second-order valence-electron chi connectivity index (χ2n) is 7.12. The van der Waals surface area contributed by atoms with Crippen molar-refractivity contribution in [1.82, 2.24) is 20.0 Å². The van der Waals surface area contributed by atoms with Gasteiger partial charge in [-0.2, -0.15) is 0 Å². The Balaban J connectivity index is 1.49. The van der Waals surface area contributed by atoms with Gasteiger partial charge in [-0.15, -0.1) is 0 Å². The smallest absolute Gasteiger partial charge is 0.222 e. The maximum absolute atomic E-state index is 12.6. The number of carbonyl (C=O) groups is 1. The van der Waals surface area contributed by atoms with Gasteiger partial charge in [0.1, 0.15) is 11.6 Å². The molecule has 7 nitrogen and oxygen atoms in total. The summed E-state index contributed by atoms with van der Waals surface area (Å²) in [7, 11) is 0. The molecule has 2 aromatic heterocycles. The summed E-state index contributed by atoms with van der Waals surface area (Å²) in [5.74, 6) is 2.02. The van der Waals surface area contributed by atoms with E-state index in [4.69, 9.17) is 10.3 Å². The Labute approximate surface area is 154 Å². The number of nitrogens with zero attached hydrogens (tertiary/aromatic N) is 4. The molecule has 1 unspecified atom stereocenters. The molecular weight excluding hydrogens is 330 g/mol. The van der Waals surface area contributed by atoms with Crippen LogP contribution < -0.4 is 5.73 Å². The van der Waals surface area contributed by atoms with Crippen LogP contribution in [0.2, 0.25) is 0 Å². The van der Waals surface area contributed by atoms with Gasteiger partial charge >= 0.3 is 0 Å². The van der Waals surface area contributed by atoms with Crippen LogP contribution in [0.25, 0.3) is 0 Å². The van der Waals surface area contributed by atoms with Crippen molar-refractivity contribution in [2.75, 3.05) is 18.8 Å². The lowest BCUT2D eigenvalue weighted by molar-refractivity contribution is -0.131. The van der Waals surface area contributed by atoms with Gasteiger partial charge in [-0.05, 0) is 51.9 Å². The summed E-state index contributed by atoms with van der Waals surface area (Å²) < 4.78 is 5.18. The lowest BCUT2D eigenvalue weighted by Gasteiger charge is -2.20. The molecule has 7 heteroatoms. The third-order valence-electron chi connectivity index (χ3n) is 5.19. The van der Waals surface area contributed by atoms with Gasteiger partial charge < -0.3 is 15.2 Å². The second kappa shape index (κ2) is 8.29. The minimum absolute atomic E-state index is 0.220. The standard InChI is InChI=1S/C19H27N5O2/c1-13-17(14(2)26-23-13)5-6-19(25)24-8-3-4-15(7-9-24)10-16-11-22-18(20)12-21-16/h11-12,15H,3-10H2,1-2H3,(H2,20,22). The van der Waals surface area contributed by atoms with Crippen LogP contribution in [0.1, 0.15) is 48.4 Å². The first-order valence-electron chi connectivity index (χ1n) is 9.29. The third kappa shape index (κ3) is 4.59. The molecule has 3 rings (SSSR count). The molecule has 1 aliphatic rings. The van der Waals surface area contributed by atoms with Crippen molar-refractivity contribution in [3.63, 3.8) is 0 Å². The predicted octanol–water partition coefficient (Wildman–Crippen LogP) is 2.47. The van der Waals surface area contributed by atoms with Gasteiger partial charge in [0.2, 0.25) is 5.91 Å². The first-order chi connectivity index (χ1) is 12.5. The molecule has 0 aromatic carbocycles. The Kier molecular flexibility index (Phi) is 5.85. The van der Waals surface area contributed by atoms with Crippen LogP contribution in [-0.2, 0) is 17.6 Å². The summed E-state index contributed by atoms with van der Waals surface area (Å²) >= 11 is 0. The molecule has 0 radical (unpaired) electrons. The van der Waals surface area contributed by atoms with E-state index in [1.165, 1.54) is 0 Å². The Morgan fingerprint density at radius 2 is 2.12 bits per heavy atom. The van der Waals surface area contributed by atoms with E-state index in [0.29, 0.717) is 24.6 Å². The summed E-state index contributed by atoms with van der Waals surface area (Å²) in [6, 6.07) is 0. The SMILES string of the molecule is Cc1noc(C)c1CCC(=O)N1CCCC(Cc2cnc(N)cn2)CC1. The predicted molar refractivity (Wildman–Crippen MR) is 98.4 cm³/mol. The van der Waals surface area contributed by atoms with Crippen molar-refractivity contribution in [3.05, 3.63) is 35.1 Å². The van der Waals surface area contributed by atoms with E-state index in [1.54, 1.807) is 12.4 Å². The number of rotatable bonds is 5. The molecule has 0 spiro atoms. The number of nitrogens with two attached hydrogens (primary N) is 1. The van der Waals surface area contributed by atoms with Crippen LogP contribution in [0.4, 0.5) is 5.82 Å². The average Bonchev–Trinajstić information content (AvgIpc) is 2.82. The van der Waals surface area contributed by atoms with Gasteiger partial charge in [-0.25, -0.2) is 4.98 Å². The highest BCUT2D eigenvalue weighted by molar-refractivity contribution is 5.76. The molecule has 140 valence electrons. The van der Waals surface area contributed by atoms with Crippen molar-refractivity contribution in [3.8, 4) is 0 Å². The number of hydrogen-bond donors (Lipinski definition) is 1. The van der Waals surface area contributed by atoms with E-state index in [9.17, 15) is 4.79 Å². The zero-order valence-corrected chi connectivity index (χ0v) is 15.6. The zero-order valence-electron chi connectivity index (χ0n) is 15.6. The van der Waals surface area contributed by atoms with Gasteiger partial charge in [-0.1, -0.05) is 5.16 Å². The molecule has 2 aromatic rings. The van der Waals surface area contributed by atoms with E-state index < -0.39 is 0 Å². The lowest BCUT2D eigenvalue weighted by Crippen LogP contribution is -2.32. The number of likely N-dealkylation sites (tertiary alicyclic amines) is 1. The Morgan fingerprint density at radius 1 is 1.27 bits per heavy atom. The highest BCUT2D eigenvalue weighted by Crippen LogP contribution is 2.22. The number of carbonyl (C=O) groups excluding carboxylic acids is 1. The summed E-state index contributed by atoms with van der Waals surface area (Å²) in [5, 5.41) is 3.96. The largest absolute Gasteiger partial charge is 0.382 e. The van der Waals surface area contributed by atoms with Gasteiger partial charge in [0.15, 0.2) is 0 Å². The van der Waals surface area contributed by atoms with E-state index in [0.717, 1.165) is 61.5 Å². The van der Waals surface area contributed by atoms with Crippen molar-refractivity contribution < 1.29 is 9.32 Å². The fourth-order valence-corrected chi connectivity index (χ4v) is 3.63. The van der Waals surface area contributed by atoms with Crippen LogP contribution in [0.15, 0.2) is 16.9 Å². The van der Waals surface area contributed by atoms with Gasteiger partial charge in [-0.3, -0.25) is 9.78 Å². The topological polar surface area (TPSA) is 98.1 Å². The number of anilines is 1. The third-order valence-corrected chi connectivity index (χ3v) is 5.19. The van der Waals surface area contributed by atoms with Crippen LogP contribution in [0.3, 0.4) is 0 Å². The van der Waals surface area contributed by atoms with Crippen LogP contribution in [0.5, 0.6) is 0 Å². The van der Waals surface area contributed by atoms with Crippen LogP contribution in [0, 0.1) is 19.8 Å². The van der Waals surface area contributed by atoms with E-state index >= 15 is 0 Å². The Hall–Kier alpha value is -2.44. The highest BCUT2D eigenvalue weighted by Gasteiger charge is 2.22. The maximum Gasteiger partial charge on any atom is 0.222 e. The first kappa shape index (κ1) is 18.4. The number of nitrogen functional groups attached to an aromatic ring is 1. The monoisotopic (exact) mass is 357 g/mol. The summed E-state index contributed by atoms with van der Waals surface area (Å²) in [4.78, 5) is 23.1. The fraction of sp³-hybridized carbons (Fsp3) is 0.579.